The van der Waals surface area contributed by atoms with Crippen LogP contribution in [-0.4, -0.2) is 27.0 Å². The zero-order chi connectivity index (χ0) is 17.4. The highest BCUT2D eigenvalue weighted by molar-refractivity contribution is 7.90. The molecule has 2 rings (SSSR count). The Morgan fingerprint density at radius 3 is 2.54 bits per heavy atom. The molecule has 0 atom stereocenters. The highest BCUT2D eigenvalue weighted by Gasteiger charge is 2.25. The minimum atomic E-state index is -3.94. The van der Waals surface area contributed by atoms with Crippen LogP contribution in [0.15, 0.2) is 23.4 Å². The van der Waals surface area contributed by atoms with E-state index in [4.69, 9.17) is 0 Å². The molecule has 1 aliphatic carbocycles. The molecule has 0 saturated heterocycles. The largest absolute Gasteiger partial charge is 0.381 e. The van der Waals surface area contributed by atoms with Gasteiger partial charge in [0, 0.05) is 18.7 Å². The number of aromatic nitrogens is 1. The van der Waals surface area contributed by atoms with Crippen LogP contribution >= 0.6 is 0 Å². The first-order valence-corrected chi connectivity index (χ1v) is 10.1. The van der Waals surface area contributed by atoms with Gasteiger partial charge in [0.05, 0.1) is 5.69 Å². The van der Waals surface area contributed by atoms with Gasteiger partial charge >= 0.3 is 6.03 Å². The summed E-state index contributed by atoms with van der Waals surface area (Å²) in [6, 6.07) is 1.23. The number of pyridine rings is 1. The van der Waals surface area contributed by atoms with Crippen LogP contribution in [0.2, 0.25) is 0 Å². The number of rotatable bonds is 5. The van der Waals surface area contributed by atoms with Crippen LogP contribution < -0.4 is 20.3 Å². The van der Waals surface area contributed by atoms with E-state index in [2.05, 4.69) is 15.6 Å². The normalized spacial score (nSPS) is 16.7. The zero-order valence-electron chi connectivity index (χ0n) is 14.1. The van der Waals surface area contributed by atoms with Crippen molar-refractivity contribution in [3.63, 3.8) is 0 Å². The van der Waals surface area contributed by atoms with E-state index in [9.17, 15) is 13.2 Å². The Kier molecular flexibility index (Phi) is 6.84. The third kappa shape index (κ3) is 5.36. The lowest BCUT2D eigenvalue weighted by Crippen LogP contribution is -2.39. The number of aromatic amines is 1. The van der Waals surface area contributed by atoms with Gasteiger partial charge < -0.3 is 10.6 Å². The molecule has 4 N–H and O–H groups in total. The minimum absolute atomic E-state index is 0.0540. The van der Waals surface area contributed by atoms with Crippen molar-refractivity contribution in [3.8, 4) is 0 Å². The molecule has 1 heterocycles. The SMILES string of the molecule is CCNC(=O)NS(=O)(=O)c1c[nH+]ccc1NC1CCCCCCC1. The molecule has 1 saturated carbocycles. The third-order valence-electron chi connectivity index (χ3n) is 4.14. The maximum Gasteiger partial charge on any atom is 0.328 e. The maximum atomic E-state index is 12.5. The average molecular weight is 355 g/mol. The number of carbonyl (C=O) groups is 1. The van der Waals surface area contributed by atoms with Crippen molar-refractivity contribution in [2.45, 2.75) is 62.8 Å². The second kappa shape index (κ2) is 8.86. The van der Waals surface area contributed by atoms with Crippen LogP contribution in [0, 0.1) is 0 Å². The van der Waals surface area contributed by atoms with Gasteiger partial charge in [-0.3, -0.25) is 0 Å². The van der Waals surface area contributed by atoms with Gasteiger partial charge in [-0.25, -0.2) is 22.9 Å². The van der Waals surface area contributed by atoms with Gasteiger partial charge in [-0.15, -0.1) is 0 Å². The predicted molar refractivity (Wildman–Crippen MR) is 92.1 cm³/mol. The molecule has 8 heteroatoms. The lowest BCUT2D eigenvalue weighted by Gasteiger charge is -2.22. The molecule has 134 valence electrons. The number of hydrogen-bond acceptors (Lipinski definition) is 4. The van der Waals surface area contributed by atoms with E-state index in [1.54, 1.807) is 19.2 Å². The number of carbonyl (C=O) groups excluding carboxylic acids is 1. The smallest absolute Gasteiger partial charge is 0.328 e. The van der Waals surface area contributed by atoms with Crippen molar-refractivity contribution in [2.75, 3.05) is 11.9 Å². The first-order chi connectivity index (χ1) is 11.5. The highest BCUT2D eigenvalue weighted by Crippen LogP contribution is 2.24. The summed E-state index contributed by atoms with van der Waals surface area (Å²) in [5, 5.41) is 5.79. The molecule has 1 aromatic heterocycles. The summed E-state index contributed by atoms with van der Waals surface area (Å²) in [4.78, 5) is 14.4. The molecule has 0 spiro atoms. The molecule has 24 heavy (non-hydrogen) atoms. The fourth-order valence-electron chi connectivity index (χ4n) is 2.95. The summed E-state index contributed by atoms with van der Waals surface area (Å²) in [6.07, 6.45) is 11.2. The van der Waals surface area contributed by atoms with E-state index in [0.29, 0.717) is 12.2 Å². The number of sulfonamides is 1. The molecule has 7 nitrogen and oxygen atoms in total. The quantitative estimate of drug-likeness (QED) is 0.752. The summed E-state index contributed by atoms with van der Waals surface area (Å²) in [5.74, 6) is 0. The van der Waals surface area contributed by atoms with Gasteiger partial charge in [0.2, 0.25) is 0 Å². The zero-order valence-corrected chi connectivity index (χ0v) is 14.9. The summed E-state index contributed by atoms with van der Waals surface area (Å²) in [6.45, 7) is 2.08. The molecule has 0 unspecified atom stereocenters. The molecular weight excluding hydrogens is 328 g/mol. The third-order valence-corrected chi connectivity index (χ3v) is 5.52. The van der Waals surface area contributed by atoms with E-state index >= 15 is 0 Å². The Labute approximate surface area is 143 Å². The molecular formula is C16H27N4O3S+. The molecule has 1 fully saturated rings. The van der Waals surface area contributed by atoms with E-state index in [1.165, 1.54) is 25.5 Å². The van der Waals surface area contributed by atoms with Gasteiger partial charge in [0.15, 0.2) is 17.3 Å². The fourth-order valence-corrected chi connectivity index (χ4v) is 4.02. The first-order valence-electron chi connectivity index (χ1n) is 8.60. The van der Waals surface area contributed by atoms with Crippen LogP contribution in [0.1, 0.15) is 51.9 Å². The second-order valence-electron chi connectivity index (χ2n) is 6.07. The molecule has 0 aliphatic heterocycles. The second-order valence-corrected chi connectivity index (χ2v) is 7.72. The Bertz CT molecular complexity index is 640. The number of urea groups is 1. The van der Waals surface area contributed by atoms with Gasteiger partial charge in [0.25, 0.3) is 10.0 Å². The van der Waals surface area contributed by atoms with Crippen LogP contribution in [0.25, 0.3) is 0 Å². The number of hydrogen-bond donors (Lipinski definition) is 3. The first kappa shape index (κ1) is 18.5. The van der Waals surface area contributed by atoms with Crippen molar-refractivity contribution in [2.24, 2.45) is 0 Å². The number of anilines is 1. The van der Waals surface area contributed by atoms with Crippen molar-refractivity contribution in [1.82, 2.24) is 10.0 Å². The topological polar surface area (TPSA) is 101 Å². The summed E-state index contributed by atoms with van der Waals surface area (Å²) in [5.41, 5.74) is 0.524. The molecule has 1 aromatic rings. The van der Waals surface area contributed by atoms with Crippen LogP contribution in [0.4, 0.5) is 10.5 Å². The standard InChI is InChI=1S/C16H26N4O3S/c1-2-18-16(21)20-24(22,23)15-12-17-11-10-14(15)19-13-8-6-4-3-5-7-9-13/h10-13H,2-9H2,1H3,(H,17,19)(H2,18,20,21)/p+1. The average Bonchev–Trinajstić information content (AvgIpc) is 2.50. The Morgan fingerprint density at radius 2 is 1.88 bits per heavy atom. The van der Waals surface area contributed by atoms with Crippen LogP contribution in [0.3, 0.4) is 0 Å². The van der Waals surface area contributed by atoms with Gasteiger partial charge in [0.1, 0.15) is 0 Å². The van der Waals surface area contributed by atoms with E-state index < -0.39 is 16.1 Å². The monoisotopic (exact) mass is 355 g/mol. The highest BCUT2D eigenvalue weighted by atomic mass is 32.2. The van der Waals surface area contributed by atoms with E-state index in [1.807, 2.05) is 4.72 Å². The van der Waals surface area contributed by atoms with Crippen LogP contribution in [0.5, 0.6) is 0 Å². The van der Waals surface area contributed by atoms with Crippen LogP contribution in [-0.2, 0) is 10.0 Å². The predicted octanol–water partition coefficient (Wildman–Crippen LogP) is 2.03. The molecule has 0 aromatic carbocycles. The lowest BCUT2D eigenvalue weighted by molar-refractivity contribution is -0.380. The Balaban J connectivity index is 2.15. The van der Waals surface area contributed by atoms with E-state index in [-0.39, 0.29) is 10.9 Å². The summed E-state index contributed by atoms with van der Waals surface area (Å²) >= 11 is 0. The molecule has 0 bridgehead atoms. The number of H-pyrrole nitrogens is 1. The lowest BCUT2D eigenvalue weighted by atomic mass is 9.96. The van der Waals surface area contributed by atoms with Crippen molar-refractivity contribution < 1.29 is 18.2 Å². The number of amides is 2. The minimum Gasteiger partial charge on any atom is -0.381 e. The van der Waals surface area contributed by atoms with Gasteiger partial charge in [-0.2, -0.15) is 0 Å². The molecule has 1 aliphatic rings. The number of nitrogens with one attached hydrogen (secondary N) is 4. The maximum absolute atomic E-state index is 12.5. The van der Waals surface area contributed by atoms with Crippen molar-refractivity contribution >= 4 is 21.7 Å². The van der Waals surface area contributed by atoms with Crippen molar-refractivity contribution in [3.05, 3.63) is 18.5 Å². The summed E-state index contributed by atoms with van der Waals surface area (Å²) in [7, 11) is -3.94. The molecule has 2 amide bonds. The molecule has 0 radical (unpaired) electrons. The Hall–Kier alpha value is -1.83. The summed E-state index contributed by atoms with van der Waals surface area (Å²) < 4.78 is 27.0. The van der Waals surface area contributed by atoms with E-state index in [0.717, 1.165) is 25.7 Å². The fraction of sp³-hybridized carbons (Fsp3) is 0.625. The van der Waals surface area contributed by atoms with Gasteiger partial charge in [-0.05, 0) is 19.8 Å². The van der Waals surface area contributed by atoms with Gasteiger partial charge in [-0.1, -0.05) is 32.1 Å². The Morgan fingerprint density at radius 1 is 1.21 bits per heavy atom. The van der Waals surface area contributed by atoms with Crippen molar-refractivity contribution in [1.29, 1.82) is 0 Å².